The third-order valence-electron chi connectivity index (χ3n) is 2.07. The molecule has 0 heterocycles. The molecule has 0 bridgehead atoms. The van der Waals surface area contributed by atoms with Crippen molar-refractivity contribution in [2.24, 2.45) is 0 Å². The fourth-order valence-corrected chi connectivity index (χ4v) is 1.61. The van der Waals surface area contributed by atoms with Crippen LogP contribution in [0.3, 0.4) is 0 Å². The highest BCUT2D eigenvalue weighted by molar-refractivity contribution is 6.68. The van der Waals surface area contributed by atoms with Gasteiger partial charge in [-0.15, -0.1) is 0 Å². The van der Waals surface area contributed by atoms with Gasteiger partial charge in [-0.1, -0.05) is 11.6 Å². The zero-order valence-corrected chi connectivity index (χ0v) is 10.3. The summed E-state index contributed by atoms with van der Waals surface area (Å²) in [5.74, 6) is 0.895. The van der Waals surface area contributed by atoms with Crippen molar-refractivity contribution in [3.8, 4) is 5.75 Å². The standard InChI is InChI=1S/C12H16ClNO/c1-7(2)15-11-8(3)5-10(12(13)14)6-9(11)4/h5-7,14H,1-4H3. The number of hydrogen-bond donors (Lipinski definition) is 1. The molecular formula is C12H16ClNO. The number of halogens is 1. The van der Waals surface area contributed by atoms with E-state index >= 15 is 0 Å². The largest absolute Gasteiger partial charge is 0.490 e. The fourth-order valence-electron chi connectivity index (χ4n) is 1.50. The van der Waals surface area contributed by atoms with E-state index in [-0.39, 0.29) is 11.3 Å². The molecule has 82 valence electrons. The number of rotatable bonds is 3. The number of nitrogens with one attached hydrogen (secondary N) is 1. The van der Waals surface area contributed by atoms with Gasteiger partial charge in [0.05, 0.1) is 6.10 Å². The highest BCUT2D eigenvalue weighted by Gasteiger charge is 2.09. The summed E-state index contributed by atoms with van der Waals surface area (Å²) in [7, 11) is 0. The lowest BCUT2D eigenvalue weighted by atomic mass is 10.1. The van der Waals surface area contributed by atoms with Gasteiger partial charge in [-0.05, 0) is 51.0 Å². The molecule has 0 aliphatic carbocycles. The van der Waals surface area contributed by atoms with E-state index in [4.69, 9.17) is 21.7 Å². The van der Waals surface area contributed by atoms with Gasteiger partial charge in [-0.3, -0.25) is 5.41 Å². The number of benzene rings is 1. The minimum atomic E-state index is 0.0669. The normalized spacial score (nSPS) is 10.5. The summed E-state index contributed by atoms with van der Waals surface area (Å²) in [4.78, 5) is 0. The van der Waals surface area contributed by atoms with Crippen LogP contribution in [0.1, 0.15) is 30.5 Å². The Morgan fingerprint density at radius 1 is 1.27 bits per heavy atom. The van der Waals surface area contributed by atoms with Crippen molar-refractivity contribution < 1.29 is 4.74 Å². The van der Waals surface area contributed by atoms with Crippen LogP contribution in [-0.2, 0) is 0 Å². The van der Waals surface area contributed by atoms with E-state index in [1.54, 1.807) is 0 Å². The van der Waals surface area contributed by atoms with E-state index in [9.17, 15) is 0 Å². The molecule has 0 spiro atoms. The zero-order valence-electron chi connectivity index (χ0n) is 9.52. The zero-order chi connectivity index (χ0) is 11.6. The Labute approximate surface area is 95.7 Å². The summed E-state index contributed by atoms with van der Waals surface area (Å²) < 4.78 is 5.70. The molecule has 1 aromatic carbocycles. The monoisotopic (exact) mass is 225 g/mol. The van der Waals surface area contributed by atoms with Crippen LogP contribution < -0.4 is 4.74 Å². The smallest absolute Gasteiger partial charge is 0.128 e. The van der Waals surface area contributed by atoms with Crippen molar-refractivity contribution in [1.29, 1.82) is 5.41 Å². The quantitative estimate of drug-likeness (QED) is 0.783. The van der Waals surface area contributed by atoms with E-state index in [1.807, 2.05) is 39.8 Å². The maximum Gasteiger partial charge on any atom is 0.128 e. The van der Waals surface area contributed by atoms with Crippen LogP contribution in [0.25, 0.3) is 0 Å². The third kappa shape index (κ3) is 2.96. The Morgan fingerprint density at radius 3 is 2.07 bits per heavy atom. The minimum Gasteiger partial charge on any atom is -0.490 e. The highest BCUT2D eigenvalue weighted by atomic mass is 35.5. The molecule has 0 aliphatic rings. The molecule has 0 fully saturated rings. The van der Waals surface area contributed by atoms with E-state index in [0.717, 1.165) is 22.4 Å². The molecule has 3 heteroatoms. The van der Waals surface area contributed by atoms with Gasteiger partial charge in [-0.2, -0.15) is 0 Å². The fraction of sp³-hybridized carbons (Fsp3) is 0.417. The van der Waals surface area contributed by atoms with Gasteiger partial charge in [0.1, 0.15) is 10.9 Å². The Morgan fingerprint density at radius 2 is 1.73 bits per heavy atom. The molecule has 0 unspecified atom stereocenters. The Balaban J connectivity index is 3.15. The Bertz CT molecular complexity index is 362. The van der Waals surface area contributed by atoms with Crippen molar-refractivity contribution >= 4 is 16.8 Å². The SMILES string of the molecule is Cc1cc(C(=N)Cl)cc(C)c1OC(C)C. The Kier molecular flexibility index (Phi) is 3.75. The van der Waals surface area contributed by atoms with Crippen LogP contribution in [0, 0.1) is 19.3 Å². The van der Waals surface area contributed by atoms with E-state index < -0.39 is 0 Å². The molecular weight excluding hydrogens is 210 g/mol. The lowest BCUT2D eigenvalue weighted by Crippen LogP contribution is -2.08. The first-order valence-electron chi connectivity index (χ1n) is 4.94. The van der Waals surface area contributed by atoms with E-state index in [2.05, 4.69) is 0 Å². The molecule has 0 atom stereocenters. The third-order valence-corrected chi connectivity index (χ3v) is 2.29. The first kappa shape index (κ1) is 12.1. The molecule has 0 radical (unpaired) electrons. The summed E-state index contributed by atoms with van der Waals surface area (Å²) in [6, 6.07) is 3.75. The molecule has 1 N–H and O–H groups in total. The van der Waals surface area contributed by atoms with Crippen molar-refractivity contribution in [3.63, 3.8) is 0 Å². The summed E-state index contributed by atoms with van der Waals surface area (Å²) in [5, 5.41) is 7.43. The number of aryl methyl sites for hydroxylation is 2. The average molecular weight is 226 g/mol. The molecule has 1 aromatic rings. The second kappa shape index (κ2) is 4.67. The van der Waals surface area contributed by atoms with Gasteiger partial charge < -0.3 is 4.74 Å². The van der Waals surface area contributed by atoms with Gasteiger partial charge >= 0.3 is 0 Å². The molecule has 0 aliphatic heterocycles. The first-order valence-corrected chi connectivity index (χ1v) is 5.32. The molecule has 0 saturated heterocycles. The molecule has 0 saturated carbocycles. The van der Waals surface area contributed by atoms with Crippen LogP contribution in [-0.4, -0.2) is 11.3 Å². The van der Waals surface area contributed by atoms with Gasteiger partial charge in [0.25, 0.3) is 0 Å². The summed E-state index contributed by atoms with van der Waals surface area (Å²) in [6.45, 7) is 7.93. The van der Waals surface area contributed by atoms with Gasteiger partial charge in [0.2, 0.25) is 0 Å². The number of ether oxygens (including phenoxy) is 1. The maximum atomic E-state index is 7.37. The van der Waals surface area contributed by atoms with Crippen LogP contribution >= 0.6 is 11.6 Å². The maximum absolute atomic E-state index is 7.37. The first-order chi connectivity index (χ1) is 6.91. The lowest BCUT2D eigenvalue weighted by Gasteiger charge is -2.16. The predicted octanol–water partition coefficient (Wildman–Crippen LogP) is 3.65. The molecule has 15 heavy (non-hydrogen) atoms. The number of hydrogen-bond acceptors (Lipinski definition) is 2. The molecule has 2 nitrogen and oxygen atoms in total. The van der Waals surface area contributed by atoms with Crippen LogP contribution in [0.5, 0.6) is 5.75 Å². The second-order valence-corrected chi connectivity index (χ2v) is 4.30. The molecule has 0 aromatic heterocycles. The van der Waals surface area contributed by atoms with Crippen LogP contribution in [0.4, 0.5) is 0 Å². The topological polar surface area (TPSA) is 33.1 Å². The average Bonchev–Trinajstić information content (AvgIpc) is 2.10. The summed E-state index contributed by atoms with van der Waals surface area (Å²) in [5.41, 5.74) is 2.77. The van der Waals surface area contributed by atoms with Crippen molar-refractivity contribution in [2.45, 2.75) is 33.8 Å². The van der Waals surface area contributed by atoms with Crippen molar-refractivity contribution in [3.05, 3.63) is 28.8 Å². The molecule has 1 rings (SSSR count). The predicted molar refractivity (Wildman–Crippen MR) is 64.4 cm³/mol. The summed E-state index contributed by atoms with van der Waals surface area (Å²) in [6.07, 6.45) is 0.156. The van der Waals surface area contributed by atoms with Gasteiger partial charge in [0.15, 0.2) is 0 Å². The summed E-state index contributed by atoms with van der Waals surface area (Å²) >= 11 is 5.65. The van der Waals surface area contributed by atoms with E-state index in [1.165, 1.54) is 0 Å². The molecule has 0 amide bonds. The van der Waals surface area contributed by atoms with Crippen molar-refractivity contribution in [1.82, 2.24) is 0 Å². The van der Waals surface area contributed by atoms with Crippen molar-refractivity contribution in [2.75, 3.05) is 0 Å². The van der Waals surface area contributed by atoms with E-state index in [0.29, 0.717) is 0 Å². The minimum absolute atomic E-state index is 0.0669. The Hall–Kier alpha value is -1.02. The highest BCUT2D eigenvalue weighted by Crippen LogP contribution is 2.26. The van der Waals surface area contributed by atoms with Gasteiger partial charge in [-0.25, -0.2) is 0 Å². The van der Waals surface area contributed by atoms with Crippen LogP contribution in [0.2, 0.25) is 0 Å². The lowest BCUT2D eigenvalue weighted by molar-refractivity contribution is 0.239. The van der Waals surface area contributed by atoms with Gasteiger partial charge in [0, 0.05) is 5.56 Å². The van der Waals surface area contributed by atoms with Crippen LogP contribution in [0.15, 0.2) is 12.1 Å². The second-order valence-electron chi connectivity index (χ2n) is 3.92.